The van der Waals surface area contributed by atoms with Gasteiger partial charge in [-0.25, -0.2) is 0 Å². The van der Waals surface area contributed by atoms with E-state index >= 15 is 0 Å². The molecule has 0 aromatic rings. The van der Waals surface area contributed by atoms with Gasteiger partial charge in [0.15, 0.2) is 0 Å². The lowest BCUT2D eigenvalue weighted by Gasteiger charge is -1.92. The quantitative estimate of drug-likeness (QED) is 0.449. The second-order valence-corrected chi connectivity index (χ2v) is 1.98. The van der Waals surface area contributed by atoms with Crippen molar-refractivity contribution in [3.8, 4) is 12.1 Å². The van der Waals surface area contributed by atoms with Crippen LogP contribution in [0.5, 0.6) is 0 Å². The van der Waals surface area contributed by atoms with Crippen molar-refractivity contribution in [2.75, 3.05) is 13.7 Å². The minimum Gasteiger partial charge on any atom is -0.385 e. The molecule has 0 amide bonds. The molecule has 0 N–H and O–H groups in total. The molecule has 0 atom stereocenters. The van der Waals surface area contributed by atoms with E-state index in [0.29, 0.717) is 6.61 Å². The number of rotatable bonds is 4. The molecule has 0 aliphatic rings. The maximum atomic E-state index is 8.31. The molecule has 0 fully saturated rings. The molecular weight excluding hydrogens is 140 g/mol. The number of methoxy groups -OCH3 is 1. The average Bonchev–Trinajstić information content (AvgIpc) is 2.05. The average molecular weight is 150 g/mol. The van der Waals surface area contributed by atoms with E-state index in [1.807, 2.05) is 0 Å². The monoisotopic (exact) mass is 150 g/mol. The standard InChI is InChI=1S/C8H10N2O/c1-11-5-3-2-4-8(6-9)7-10/h4H,2-3,5H2,1H3. The van der Waals surface area contributed by atoms with Crippen molar-refractivity contribution in [2.24, 2.45) is 0 Å². The zero-order chi connectivity index (χ0) is 8.53. The molecule has 0 rings (SSSR count). The number of unbranched alkanes of at least 4 members (excludes halogenated alkanes) is 1. The van der Waals surface area contributed by atoms with E-state index in [4.69, 9.17) is 15.3 Å². The molecule has 3 heteroatoms. The van der Waals surface area contributed by atoms with Crippen molar-refractivity contribution < 1.29 is 4.74 Å². The molecule has 0 radical (unpaired) electrons. The number of ether oxygens (including phenoxy) is 1. The van der Waals surface area contributed by atoms with E-state index < -0.39 is 0 Å². The van der Waals surface area contributed by atoms with Crippen molar-refractivity contribution in [3.05, 3.63) is 11.6 Å². The number of nitriles is 2. The summed E-state index contributed by atoms with van der Waals surface area (Å²) in [6.07, 6.45) is 3.20. The Morgan fingerprint density at radius 1 is 1.45 bits per heavy atom. The fourth-order valence-corrected chi connectivity index (χ4v) is 0.590. The van der Waals surface area contributed by atoms with E-state index in [1.165, 1.54) is 0 Å². The Balaban J connectivity index is 3.58. The summed E-state index contributed by atoms with van der Waals surface area (Å²) in [6.45, 7) is 0.667. The highest BCUT2D eigenvalue weighted by atomic mass is 16.5. The van der Waals surface area contributed by atoms with Gasteiger partial charge in [0.2, 0.25) is 0 Å². The first-order valence-electron chi connectivity index (χ1n) is 3.34. The van der Waals surface area contributed by atoms with E-state index in [9.17, 15) is 0 Å². The number of hydrogen-bond donors (Lipinski definition) is 0. The van der Waals surface area contributed by atoms with Gasteiger partial charge in [-0.1, -0.05) is 6.08 Å². The zero-order valence-corrected chi connectivity index (χ0v) is 6.50. The molecule has 11 heavy (non-hydrogen) atoms. The maximum absolute atomic E-state index is 8.31. The van der Waals surface area contributed by atoms with Crippen LogP contribution in [0.4, 0.5) is 0 Å². The summed E-state index contributed by atoms with van der Waals surface area (Å²) in [4.78, 5) is 0. The van der Waals surface area contributed by atoms with E-state index in [-0.39, 0.29) is 5.57 Å². The lowest BCUT2D eigenvalue weighted by atomic mass is 10.2. The van der Waals surface area contributed by atoms with E-state index in [0.717, 1.165) is 12.8 Å². The molecule has 0 aromatic heterocycles. The summed E-state index contributed by atoms with van der Waals surface area (Å²) in [6, 6.07) is 3.58. The summed E-state index contributed by atoms with van der Waals surface area (Å²) in [5.41, 5.74) is 0.182. The van der Waals surface area contributed by atoms with Gasteiger partial charge in [0.1, 0.15) is 17.7 Å². The Morgan fingerprint density at radius 2 is 2.09 bits per heavy atom. The lowest BCUT2D eigenvalue weighted by molar-refractivity contribution is 0.196. The highest BCUT2D eigenvalue weighted by Gasteiger charge is 1.89. The normalized spacial score (nSPS) is 7.91. The molecule has 0 aliphatic carbocycles. The molecule has 0 aromatic carbocycles. The van der Waals surface area contributed by atoms with Crippen molar-refractivity contribution >= 4 is 0 Å². The first-order chi connectivity index (χ1) is 5.35. The van der Waals surface area contributed by atoms with Crippen LogP contribution < -0.4 is 0 Å². The fraction of sp³-hybridized carbons (Fsp3) is 0.500. The van der Waals surface area contributed by atoms with Crippen molar-refractivity contribution in [1.82, 2.24) is 0 Å². The minimum atomic E-state index is 0.182. The van der Waals surface area contributed by atoms with Crippen LogP contribution >= 0.6 is 0 Å². The summed E-state index contributed by atoms with van der Waals surface area (Å²) in [7, 11) is 1.62. The maximum Gasteiger partial charge on any atom is 0.125 e. The first-order valence-corrected chi connectivity index (χ1v) is 3.34. The smallest absolute Gasteiger partial charge is 0.125 e. The van der Waals surface area contributed by atoms with Gasteiger partial charge in [-0.15, -0.1) is 0 Å². The van der Waals surface area contributed by atoms with Crippen molar-refractivity contribution in [1.29, 1.82) is 10.5 Å². The first kappa shape index (κ1) is 9.68. The largest absolute Gasteiger partial charge is 0.385 e. The van der Waals surface area contributed by atoms with Crippen LogP contribution in [-0.2, 0) is 4.74 Å². The molecule has 0 saturated heterocycles. The third kappa shape index (κ3) is 5.14. The molecule has 0 bridgehead atoms. The Bertz CT molecular complexity index is 191. The van der Waals surface area contributed by atoms with Crippen LogP contribution in [0.2, 0.25) is 0 Å². The van der Waals surface area contributed by atoms with E-state index in [1.54, 1.807) is 25.3 Å². The van der Waals surface area contributed by atoms with Crippen LogP contribution in [0.1, 0.15) is 12.8 Å². The Hall–Kier alpha value is -1.32. The molecule has 0 heterocycles. The number of nitrogens with zero attached hydrogens (tertiary/aromatic N) is 2. The predicted molar refractivity (Wildman–Crippen MR) is 40.4 cm³/mol. The van der Waals surface area contributed by atoms with Crippen LogP contribution in [0, 0.1) is 22.7 Å². The van der Waals surface area contributed by atoms with Gasteiger partial charge in [-0.05, 0) is 12.8 Å². The van der Waals surface area contributed by atoms with Gasteiger partial charge in [-0.2, -0.15) is 10.5 Å². The summed E-state index contributed by atoms with van der Waals surface area (Å²) in [5.74, 6) is 0. The van der Waals surface area contributed by atoms with Gasteiger partial charge in [0.05, 0.1) is 0 Å². The zero-order valence-electron chi connectivity index (χ0n) is 6.50. The van der Waals surface area contributed by atoms with Gasteiger partial charge in [0.25, 0.3) is 0 Å². The predicted octanol–water partition coefficient (Wildman–Crippen LogP) is 1.39. The third-order valence-corrected chi connectivity index (χ3v) is 1.14. The van der Waals surface area contributed by atoms with Crippen LogP contribution in [0.25, 0.3) is 0 Å². The van der Waals surface area contributed by atoms with Crippen molar-refractivity contribution in [2.45, 2.75) is 12.8 Å². The molecule has 0 aliphatic heterocycles. The molecule has 58 valence electrons. The van der Waals surface area contributed by atoms with E-state index in [2.05, 4.69) is 0 Å². The Kier molecular flexibility index (Phi) is 5.98. The lowest BCUT2D eigenvalue weighted by Crippen LogP contribution is -1.86. The van der Waals surface area contributed by atoms with Gasteiger partial charge in [-0.3, -0.25) is 0 Å². The van der Waals surface area contributed by atoms with Gasteiger partial charge >= 0.3 is 0 Å². The SMILES string of the molecule is COCCCC=C(C#N)C#N. The molecule has 0 spiro atoms. The summed E-state index contributed by atoms with van der Waals surface area (Å²) < 4.78 is 4.80. The highest BCUT2D eigenvalue weighted by molar-refractivity contribution is 5.34. The number of hydrogen-bond acceptors (Lipinski definition) is 3. The minimum absolute atomic E-state index is 0.182. The Labute approximate surface area is 66.5 Å². The second kappa shape index (κ2) is 6.80. The van der Waals surface area contributed by atoms with Crippen LogP contribution in [-0.4, -0.2) is 13.7 Å². The van der Waals surface area contributed by atoms with Crippen molar-refractivity contribution in [3.63, 3.8) is 0 Å². The molecule has 3 nitrogen and oxygen atoms in total. The molecule has 0 unspecified atom stereocenters. The molecule has 0 saturated carbocycles. The topological polar surface area (TPSA) is 56.8 Å². The summed E-state index contributed by atoms with van der Waals surface area (Å²) >= 11 is 0. The molecular formula is C8H10N2O. The van der Waals surface area contributed by atoms with Gasteiger partial charge < -0.3 is 4.74 Å². The third-order valence-electron chi connectivity index (χ3n) is 1.14. The Morgan fingerprint density at radius 3 is 2.55 bits per heavy atom. The summed E-state index contributed by atoms with van der Waals surface area (Å²) in [5, 5.41) is 16.6. The number of allylic oxidation sites excluding steroid dienone is 2. The van der Waals surface area contributed by atoms with Crippen LogP contribution in [0.3, 0.4) is 0 Å². The highest BCUT2D eigenvalue weighted by Crippen LogP contribution is 1.96. The van der Waals surface area contributed by atoms with Gasteiger partial charge in [0, 0.05) is 13.7 Å². The fourth-order valence-electron chi connectivity index (χ4n) is 0.590. The van der Waals surface area contributed by atoms with Crippen LogP contribution in [0.15, 0.2) is 11.6 Å². The second-order valence-electron chi connectivity index (χ2n) is 1.98.